The molecule has 1 aliphatic carbocycles. The Morgan fingerprint density at radius 2 is 1.71 bits per heavy atom. The van der Waals surface area contributed by atoms with E-state index in [9.17, 15) is 4.79 Å². The Kier molecular flexibility index (Phi) is 2.41. The number of likely N-dealkylation sites (tertiary alicyclic amines) is 1. The molecule has 0 radical (unpaired) electrons. The smallest absolute Gasteiger partial charge is 0.410 e. The SMILES string of the molecule is CC(C)(C)OC(=O)N1C[C@H]2C[C@@H]3O[C@H]3C[C@H]2C1. The van der Waals surface area contributed by atoms with Crippen LogP contribution in [-0.2, 0) is 9.47 Å². The molecule has 3 fully saturated rings. The Morgan fingerprint density at radius 3 is 2.18 bits per heavy atom. The fourth-order valence-corrected chi connectivity index (χ4v) is 3.14. The zero-order valence-electron chi connectivity index (χ0n) is 10.8. The zero-order chi connectivity index (χ0) is 12.2. The number of carbonyl (C=O) groups excluding carboxylic acids is 1. The van der Waals surface area contributed by atoms with Gasteiger partial charge in [-0.3, -0.25) is 0 Å². The number of hydrogen-bond donors (Lipinski definition) is 0. The molecular formula is C13H21NO3. The summed E-state index contributed by atoms with van der Waals surface area (Å²) in [6.07, 6.45) is 3.11. The normalized spacial score (nSPS) is 39.6. The van der Waals surface area contributed by atoms with Gasteiger partial charge in [-0.25, -0.2) is 4.79 Å². The van der Waals surface area contributed by atoms with Crippen molar-refractivity contribution in [2.75, 3.05) is 13.1 Å². The van der Waals surface area contributed by atoms with Crippen molar-refractivity contribution in [1.29, 1.82) is 0 Å². The van der Waals surface area contributed by atoms with Gasteiger partial charge in [0.2, 0.25) is 0 Å². The zero-order valence-corrected chi connectivity index (χ0v) is 10.8. The highest BCUT2D eigenvalue weighted by molar-refractivity contribution is 5.68. The molecule has 0 N–H and O–H groups in total. The summed E-state index contributed by atoms with van der Waals surface area (Å²) in [4.78, 5) is 13.8. The summed E-state index contributed by atoms with van der Waals surface area (Å²) in [6.45, 7) is 7.45. The van der Waals surface area contributed by atoms with Crippen LogP contribution in [0.25, 0.3) is 0 Å². The van der Waals surface area contributed by atoms with Crippen LogP contribution < -0.4 is 0 Å². The largest absolute Gasteiger partial charge is 0.444 e. The highest BCUT2D eigenvalue weighted by Crippen LogP contribution is 2.46. The van der Waals surface area contributed by atoms with Gasteiger partial charge in [-0.2, -0.15) is 0 Å². The van der Waals surface area contributed by atoms with Crippen LogP contribution in [0.15, 0.2) is 0 Å². The molecule has 3 rings (SSSR count). The topological polar surface area (TPSA) is 42.1 Å². The van der Waals surface area contributed by atoms with Crippen molar-refractivity contribution in [3.8, 4) is 0 Å². The molecule has 2 aliphatic heterocycles. The van der Waals surface area contributed by atoms with Gasteiger partial charge in [-0.05, 0) is 45.4 Å². The fourth-order valence-electron chi connectivity index (χ4n) is 3.14. The molecular weight excluding hydrogens is 218 g/mol. The summed E-state index contributed by atoms with van der Waals surface area (Å²) < 4.78 is 11.0. The Labute approximate surface area is 102 Å². The maximum Gasteiger partial charge on any atom is 0.410 e. The lowest BCUT2D eigenvalue weighted by Crippen LogP contribution is -2.35. The summed E-state index contributed by atoms with van der Waals surface area (Å²) in [7, 11) is 0. The van der Waals surface area contributed by atoms with Crippen LogP contribution in [0.3, 0.4) is 0 Å². The Hall–Kier alpha value is -0.770. The quantitative estimate of drug-likeness (QED) is 0.607. The predicted octanol–water partition coefficient (Wildman–Crippen LogP) is 2.03. The third-order valence-electron chi connectivity index (χ3n) is 3.99. The van der Waals surface area contributed by atoms with Gasteiger partial charge < -0.3 is 14.4 Å². The molecule has 1 amide bonds. The Morgan fingerprint density at radius 1 is 1.18 bits per heavy atom. The maximum absolute atomic E-state index is 12.0. The molecule has 0 aromatic carbocycles. The number of rotatable bonds is 0. The van der Waals surface area contributed by atoms with E-state index in [-0.39, 0.29) is 6.09 Å². The minimum atomic E-state index is -0.393. The fraction of sp³-hybridized carbons (Fsp3) is 0.923. The van der Waals surface area contributed by atoms with E-state index in [0.29, 0.717) is 24.0 Å². The van der Waals surface area contributed by atoms with Crippen molar-refractivity contribution in [2.24, 2.45) is 11.8 Å². The molecule has 1 saturated carbocycles. The van der Waals surface area contributed by atoms with Crippen LogP contribution in [0.2, 0.25) is 0 Å². The Balaban J connectivity index is 1.58. The van der Waals surface area contributed by atoms with Crippen LogP contribution in [0.5, 0.6) is 0 Å². The van der Waals surface area contributed by atoms with Crippen LogP contribution in [0.4, 0.5) is 4.79 Å². The molecule has 96 valence electrons. The molecule has 0 spiro atoms. The molecule has 4 nitrogen and oxygen atoms in total. The average Bonchev–Trinajstić information content (AvgIpc) is 2.79. The third-order valence-corrected chi connectivity index (χ3v) is 3.99. The first-order chi connectivity index (χ1) is 7.92. The molecule has 2 heterocycles. The predicted molar refractivity (Wildman–Crippen MR) is 62.7 cm³/mol. The summed E-state index contributed by atoms with van der Waals surface area (Å²) >= 11 is 0. The Bertz CT molecular complexity index is 318. The molecule has 4 heteroatoms. The molecule has 0 aromatic heterocycles. The molecule has 3 aliphatic rings. The van der Waals surface area contributed by atoms with Gasteiger partial charge in [0.05, 0.1) is 12.2 Å². The number of amides is 1. The number of fused-ring (bicyclic) bond motifs is 2. The number of epoxide rings is 1. The lowest BCUT2D eigenvalue weighted by molar-refractivity contribution is 0.0282. The molecule has 0 aromatic rings. The average molecular weight is 239 g/mol. The highest BCUT2D eigenvalue weighted by Gasteiger charge is 2.51. The second-order valence-corrected chi connectivity index (χ2v) is 6.59. The summed E-state index contributed by atoms with van der Waals surface area (Å²) in [6, 6.07) is 0. The lowest BCUT2D eigenvalue weighted by Gasteiger charge is -2.24. The summed E-state index contributed by atoms with van der Waals surface area (Å²) in [5.74, 6) is 1.26. The lowest BCUT2D eigenvalue weighted by atomic mass is 9.82. The van der Waals surface area contributed by atoms with Crippen molar-refractivity contribution in [2.45, 2.75) is 51.4 Å². The first-order valence-electron chi connectivity index (χ1n) is 6.56. The van der Waals surface area contributed by atoms with E-state index in [2.05, 4.69) is 0 Å². The van der Waals surface area contributed by atoms with Crippen molar-refractivity contribution >= 4 is 6.09 Å². The van der Waals surface area contributed by atoms with Gasteiger partial charge in [0.25, 0.3) is 0 Å². The first-order valence-corrected chi connectivity index (χ1v) is 6.56. The second-order valence-electron chi connectivity index (χ2n) is 6.59. The van der Waals surface area contributed by atoms with Crippen LogP contribution in [0, 0.1) is 11.8 Å². The molecule has 0 bridgehead atoms. The van der Waals surface area contributed by atoms with E-state index in [0.717, 1.165) is 25.9 Å². The summed E-state index contributed by atoms with van der Waals surface area (Å²) in [5.41, 5.74) is -0.393. The van der Waals surface area contributed by atoms with E-state index in [1.165, 1.54) is 0 Å². The minimum absolute atomic E-state index is 0.151. The van der Waals surface area contributed by atoms with Gasteiger partial charge >= 0.3 is 6.09 Å². The molecule has 0 unspecified atom stereocenters. The number of nitrogens with zero attached hydrogens (tertiary/aromatic N) is 1. The van der Waals surface area contributed by atoms with E-state index in [4.69, 9.17) is 9.47 Å². The van der Waals surface area contributed by atoms with Gasteiger partial charge in [0, 0.05) is 13.1 Å². The number of hydrogen-bond acceptors (Lipinski definition) is 3. The summed E-state index contributed by atoms with van der Waals surface area (Å²) in [5, 5.41) is 0. The van der Waals surface area contributed by atoms with Crippen LogP contribution >= 0.6 is 0 Å². The standard InChI is InChI=1S/C13H21NO3/c1-13(2,3)17-12(15)14-6-8-4-10-11(16-10)5-9(8)7-14/h8-11H,4-7H2,1-3H3/t8-,9+,10-,11-/m0/s1. The monoisotopic (exact) mass is 239 g/mol. The second kappa shape index (κ2) is 3.61. The van der Waals surface area contributed by atoms with E-state index >= 15 is 0 Å². The highest BCUT2D eigenvalue weighted by atomic mass is 16.6. The maximum atomic E-state index is 12.0. The van der Waals surface area contributed by atoms with Crippen molar-refractivity contribution in [1.82, 2.24) is 4.90 Å². The number of ether oxygens (including phenoxy) is 2. The van der Waals surface area contributed by atoms with E-state index < -0.39 is 5.60 Å². The van der Waals surface area contributed by atoms with Gasteiger partial charge in [-0.15, -0.1) is 0 Å². The van der Waals surface area contributed by atoms with Crippen molar-refractivity contribution < 1.29 is 14.3 Å². The van der Waals surface area contributed by atoms with Gasteiger partial charge in [0.1, 0.15) is 5.60 Å². The van der Waals surface area contributed by atoms with Gasteiger partial charge in [-0.1, -0.05) is 0 Å². The minimum Gasteiger partial charge on any atom is -0.444 e. The van der Waals surface area contributed by atoms with Crippen LogP contribution in [0.1, 0.15) is 33.6 Å². The van der Waals surface area contributed by atoms with Gasteiger partial charge in [0.15, 0.2) is 0 Å². The number of carbonyl (C=O) groups is 1. The van der Waals surface area contributed by atoms with E-state index in [1.807, 2.05) is 25.7 Å². The van der Waals surface area contributed by atoms with E-state index in [1.54, 1.807) is 0 Å². The van der Waals surface area contributed by atoms with Crippen molar-refractivity contribution in [3.05, 3.63) is 0 Å². The molecule has 4 atom stereocenters. The molecule has 17 heavy (non-hydrogen) atoms. The van der Waals surface area contributed by atoms with Crippen LogP contribution in [-0.4, -0.2) is 41.9 Å². The first kappa shape index (κ1) is 11.3. The van der Waals surface area contributed by atoms with Crippen molar-refractivity contribution in [3.63, 3.8) is 0 Å². The molecule has 2 saturated heterocycles. The third kappa shape index (κ3) is 2.28.